The molecule has 0 bridgehead atoms. The van der Waals surface area contributed by atoms with E-state index >= 15 is 0 Å². The lowest BCUT2D eigenvalue weighted by atomic mass is 9.96. The lowest BCUT2D eigenvalue weighted by molar-refractivity contribution is 0.0893. The molecule has 0 fully saturated rings. The van der Waals surface area contributed by atoms with E-state index in [0.717, 1.165) is 22.5 Å². The quantitative estimate of drug-likeness (QED) is 0.397. The SMILES string of the molecule is Cc1ccc(-c2cc(NCC(C)c3cccc4c(C(=O)NCC(F)F)ccnc34)ncn2)cn1. The number of nitrogens with zero attached hydrogens (tertiary/aromatic N) is 4. The number of halogens is 2. The van der Waals surface area contributed by atoms with Crippen molar-refractivity contribution in [3.8, 4) is 11.3 Å². The standard InChI is InChI=1S/C25H24F2N6O/c1-15(11-30-23-10-21(32-14-33-23)17-7-6-16(2)29-12-17)18-4-3-5-19-20(8-9-28-24(18)19)25(34)31-13-22(26)27/h3-10,12,14-15,22H,11,13H2,1-2H3,(H,31,34)(H,30,32,33). The van der Waals surface area contributed by atoms with Crippen LogP contribution in [0, 0.1) is 6.92 Å². The van der Waals surface area contributed by atoms with Gasteiger partial charge in [0, 0.05) is 47.6 Å². The minimum Gasteiger partial charge on any atom is -0.369 e. The van der Waals surface area contributed by atoms with Crippen LogP contribution in [-0.4, -0.2) is 45.4 Å². The van der Waals surface area contributed by atoms with Gasteiger partial charge in [0.25, 0.3) is 12.3 Å². The summed E-state index contributed by atoms with van der Waals surface area (Å²) in [4.78, 5) is 29.8. The molecule has 9 heteroatoms. The highest BCUT2D eigenvalue weighted by Crippen LogP contribution is 2.27. The van der Waals surface area contributed by atoms with Crippen molar-refractivity contribution in [2.45, 2.75) is 26.2 Å². The van der Waals surface area contributed by atoms with Gasteiger partial charge in [0.1, 0.15) is 12.1 Å². The van der Waals surface area contributed by atoms with Gasteiger partial charge in [-0.15, -0.1) is 0 Å². The topological polar surface area (TPSA) is 92.7 Å². The van der Waals surface area contributed by atoms with E-state index in [4.69, 9.17) is 0 Å². The summed E-state index contributed by atoms with van der Waals surface area (Å²) in [7, 11) is 0. The molecule has 0 radical (unpaired) electrons. The summed E-state index contributed by atoms with van der Waals surface area (Å²) in [5.74, 6) is 0.155. The van der Waals surface area contributed by atoms with Crippen LogP contribution in [-0.2, 0) is 0 Å². The van der Waals surface area contributed by atoms with Gasteiger partial charge in [0.05, 0.1) is 23.3 Å². The average Bonchev–Trinajstić information content (AvgIpc) is 2.85. The van der Waals surface area contributed by atoms with E-state index in [0.29, 0.717) is 28.8 Å². The van der Waals surface area contributed by atoms with Gasteiger partial charge in [-0.2, -0.15) is 0 Å². The highest BCUT2D eigenvalue weighted by atomic mass is 19.3. The predicted octanol–water partition coefficient (Wildman–Crippen LogP) is 4.61. The predicted molar refractivity (Wildman–Crippen MR) is 127 cm³/mol. The van der Waals surface area contributed by atoms with Crippen LogP contribution in [0.5, 0.6) is 0 Å². The number of hydrogen-bond acceptors (Lipinski definition) is 6. The molecule has 0 aliphatic rings. The molecule has 0 spiro atoms. The van der Waals surface area contributed by atoms with E-state index in [1.807, 2.05) is 44.2 Å². The number of nitrogens with one attached hydrogen (secondary N) is 2. The number of hydrogen-bond donors (Lipinski definition) is 2. The van der Waals surface area contributed by atoms with Crippen LogP contribution in [0.3, 0.4) is 0 Å². The molecule has 1 atom stereocenters. The van der Waals surface area contributed by atoms with Crippen LogP contribution in [0.25, 0.3) is 22.2 Å². The van der Waals surface area contributed by atoms with Gasteiger partial charge in [-0.25, -0.2) is 18.7 Å². The molecule has 0 aliphatic heterocycles. The molecule has 0 saturated heterocycles. The van der Waals surface area contributed by atoms with Gasteiger partial charge < -0.3 is 10.6 Å². The van der Waals surface area contributed by atoms with Crippen LogP contribution < -0.4 is 10.6 Å². The lowest BCUT2D eigenvalue weighted by Crippen LogP contribution is -2.28. The normalized spacial score (nSPS) is 12.0. The molecule has 1 amide bonds. The molecule has 4 aromatic rings. The first-order chi connectivity index (χ1) is 16.4. The number of fused-ring (bicyclic) bond motifs is 1. The summed E-state index contributed by atoms with van der Waals surface area (Å²) in [6, 6.07) is 12.9. The zero-order valence-corrected chi connectivity index (χ0v) is 18.8. The third-order valence-corrected chi connectivity index (χ3v) is 5.46. The van der Waals surface area contributed by atoms with E-state index in [9.17, 15) is 13.6 Å². The summed E-state index contributed by atoms with van der Waals surface area (Å²) in [5.41, 5.74) is 4.52. The first-order valence-electron chi connectivity index (χ1n) is 10.9. The molecule has 0 saturated carbocycles. The Bertz CT molecular complexity index is 1300. The summed E-state index contributed by atoms with van der Waals surface area (Å²) in [6.45, 7) is 3.84. The van der Waals surface area contributed by atoms with E-state index < -0.39 is 18.9 Å². The van der Waals surface area contributed by atoms with E-state index in [1.54, 1.807) is 12.3 Å². The molecule has 4 rings (SSSR count). The second-order valence-electron chi connectivity index (χ2n) is 7.96. The maximum absolute atomic E-state index is 12.5. The number of carbonyl (C=O) groups excluding carboxylic acids is 1. The fraction of sp³-hybridized carbons (Fsp3) is 0.240. The number of benzene rings is 1. The highest BCUT2D eigenvalue weighted by molar-refractivity contribution is 6.06. The number of para-hydroxylation sites is 1. The zero-order chi connectivity index (χ0) is 24.1. The Morgan fingerprint density at radius 3 is 2.65 bits per heavy atom. The largest absolute Gasteiger partial charge is 0.369 e. The Morgan fingerprint density at radius 2 is 1.88 bits per heavy atom. The van der Waals surface area contributed by atoms with Crippen LogP contribution in [0.1, 0.15) is 34.5 Å². The Balaban J connectivity index is 1.52. The Kier molecular flexibility index (Phi) is 7.01. The van der Waals surface area contributed by atoms with E-state index in [2.05, 4.69) is 30.6 Å². The number of alkyl halides is 2. The molecule has 174 valence electrons. The van der Waals surface area contributed by atoms with Crippen molar-refractivity contribution in [2.75, 3.05) is 18.4 Å². The second-order valence-corrected chi connectivity index (χ2v) is 7.96. The minimum atomic E-state index is -2.61. The van der Waals surface area contributed by atoms with Crippen molar-refractivity contribution in [2.24, 2.45) is 0 Å². The molecule has 3 heterocycles. The minimum absolute atomic E-state index is 0.0232. The maximum atomic E-state index is 12.5. The number of anilines is 1. The number of aryl methyl sites for hydroxylation is 1. The molecule has 2 N–H and O–H groups in total. The molecule has 34 heavy (non-hydrogen) atoms. The summed E-state index contributed by atoms with van der Waals surface area (Å²) in [5, 5.41) is 6.22. The third kappa shape index (κ3) is 5.31. The first kappa shape index (κ1) is 23.2. The molecule has 7 nitrogen and oxygen atoms in total. The van der Waals surface area contributed by atoms with Gasteiger partial charge in [0.15, 0.2) is 0 Å². The maximum Gasteiger partial charge on any atom is 0.255 e. The second kappa shape index (κ2) is 10.3. The molecule has 3 aromatic heterocycles. The highest BCUT2D eigenvalue weighted by Gasteiger charge is 2.16. The monoisotopic (exact) mass is 462 g/mol. The van der Waals surface area contributed by atoms with Crippen LogP contribution in [0.15, 0.2) is 61.2 Å². The fourth-order valence-electron chi connectivity index (χ4n) is 3.66. The molecular formula is C25H24F2N6O. The summed E-state index contributed by atoms with van der Waals surface area (Å²) in [6.07, 6.45) is 2.20. The Morgan fingerprint density at radius 1 is 1.03 bits per heavy atom. The van der Waals surface area contributed by atoms with Crippen molar-refractivity contribution in [3.63, 3.8) is 0 Å². The van der Waals surface area contributed by atoms with Crippen molar-refractivity contribution in [3.05, 3.63) is 78.0 Å². The molecule has 1 aromatic carbocycles. The third-order valence-electron chi connectivity index (χ3n) is 5.46. The summed E-state index contributed by atoms with van der Waals surface area (Å²) >= 11 is 0. The van der Waals surface area contributed by atoms with Crippen molar-refractivity contribution in [1.29, 1.82) is 0 Å². The van der Waals surface area contributed by atoms with E-state index in [1.165, 1.54) is 18.6 Å². The number of rotatable bonds is 8. The lowest BCUT2D eigenvalue weighted by Gasteiger charge is -2.16. The van der Waals surface area contributed by atoms with Crippen molar-refractivity contribution >= 4 is 22.6 Å². The van der Waals surface area contributed by atoms with Gasteiger partial charge in [0.2, 0.25) is 0 Å². The van der Waals surface area contributed by atoms with Crippen molar-refractivity contribution < 1.29 is 13.6 Å². The number of carbonyl (C=O) groups is 1. The van der Waals surface area contributed by atoms with Crippen LogP contribution in [0.2, 0.25) is 0 Å². The van der Waals surface area contributed by atoms with Gasteiger partial charge in [-0.3, -0.25) is 14.8 Å². The van der Waals surface area contributed by atoms with Crippen molar-refractivity contribution in [1.82, 2.24) is 25.3 Å². The fourth-order valence-corrected chi connectivity index (χ4v) is 3.66. The number of amides is 1. The molecule has 1 unspecified atom stereocenters. The molecule has 0 aliphatic carbocycles. The van der Waals surface area contributed by atoms with Gasteiger partial charge in [-0.1, -0.05) is 25.1 Å². The zero-order valence-electron chi connectivity index (χ0n) is 18.8. The average molecular weight is 463 g/mol. The smallest absolute Gasteiger partial charge is 0.255 e. The van der Waals surface area contributed by atoms with Crippen LogP contribution >= 0.6 is 0 Å². The van der Waals surface area contributed by atoms with E-state index in [-0.39, 0.29) is 5.92 Å². The first-order valence-corrected chi connectivity index (χ1v) is 10.9. The van der Waals surface area contributed by atoms with Gasteiger partial charge in [-0.05, 0) is 30.7 Å². The number of aromatic nitrogens is 4. The summed E-state index contributed by atoms with van der Waals surface area (Å²) < 4.78 is 25.0. The Hall–Kier alpha value is -4.01. The number of pyridine rings is 2. The van der Waals surface area contributed by atoms with Crippen LogP contribution in [0.4, 0.5) is 14.6 Å². The molecular weight excluding hydrogens is 438 g/mol. The Labute approximate surface area is 195 Å². The van der Waals surface area contributed by atoms with Gasteiger partial charge >= 0.3 is 0 Å².